The Hall–Kier alpha value is -2.18. The summed E-state index contributed by atoms with van der Waals surface area (Å²) in [5.74, 6) is -0.129. The molecule has 3 amide bonds. The normalized spacial score (nSPS) is 26.0. The Morgan fingerprint density at radius 2 is 1.95 bits per heavy atom. The second-order valence-electron chi connectivity index (χ2n) is 6.47. The number of aromatic nitrogens is 2. The van der Waals surface area contributed by atoms with E-state index in [1.807, 2.05) is 13.8 Å². The molecule has 0 spiro atoms. The smallest absolute Gasteiger partial charge is 0.274 e. The minimum atomic E-state index is -0.333. The first-order valence-corrected chi connectivity index (χ1v) is 7.54. The van der Waals surface area contributed by atoms with Gasteiger partial charge in [-0.25, -0.2) is 0 Å². The molecular weight excluding hydrogens is 284 g/mol. The van der Waals surface area contributed by atoms with Crippen LogP contribution in [0.1, 0.15) is 42.9 Å². The van der Waals surface area contributed by atoms with E-state index in [-0.39, 0.29) is 35.5 Å². The van der Waals surface area contributed by atoms with E-state index < -0.39 is 0 Å². The summed E-state index contributed by atoms with van der Waals surface area (Å²) in [5.41, 5.74) is 1.36. The fourth-order valence-corrected chi connectivity index (χ4v) is 3.24. The molecular formula is C15H20N4O3. The molecule has 7 heteroatoms. The number of hydrogen-bond acceptors (Lipinski definition) is 4. The topological polar surface area (TPSA) is 95.2 Å². The van der Waals surface area contributed by atoms with Crippen LogP contribution in [0.2, 0.25) is 0 Å². The van der Waals surface area contributed by atoms with Crippen molar-refractivity contribution < 1.29 is 14.4 Å². The molecule has 3 atom stereocenters. The predicted molar refractivity (Wildman–Crippen MR) is 77.9 cm³/mol. The lowest BCUT2D eigenvalue weighted by molar-refractivity contribution is -0.130. The van der Waals surface area contributed by atoms with E-state index in [1.165, 1.54) is 6.92 Å². The second-order valence-corrected chi connectivity index (χ2v) is 6.47. The number of nitrogens with zero attached hydrogens (tertiary/aromatic N) is 2. The standard InChI is InChI=1S/C15H20N4O3/c1-7(2)11-4-12(18-17-11)15(22)19-5-9-10(6-19)13(9)14(21)16-8(3)20/h4,7,9-10,13H,5-6H2,1-3H3,(H,17,18)(H,16,20,21)/t9-,10?,13?/m1/s1. The van der Waals surface area contributed by atoms with Gasteiger partial charge in [-0.15, -0.1) is 0 Å². The number of piperidine rings is 1. The van der Waals surface area contributed by atoms with Gasteiger partial charge in [-0.2, -0.15) is 5.10 Å². The summed E-state index contributed by atoms with van der Waals surface area (Å²) in [5, 5.41) is 9.28. The minimum Gasteiger partial charge on any atom is -0.337 e. The maximum atomic E-state index is 12.4. The van der Waals surface area contributed by atoms with Gasteiger partial charge in [-0.3, -0.25) is 24.8 Å². The highest BCUT2D eigenvalue weighted by Crippen LogP contribution is 2.51. The molecule has 1 aliphatic heterocycles. The van der Waals surface area contributed by atoms with Crippen LogP contribution in [0.3, 0.4) is 0 Å². The first-order chi connectivity index (χ1) is 10.4. The number of nitrogens with one attached hydrogen (secondary N) is 2. The molecule has 3 rings (SSSR count). The molecule has 7 nitrogen and oxygen atoms in total. The molecule has 2 aliphatic rings. The van der Waals surface area contributed by atoms with Crippen LogP contribution in [-0.2, 0) is 9.59 Å². The lowest BCUT2D eigenvalue weighted by atomic mass is 10.1. The van der Waals surface area contributed by atoms with Gasteiger partial charge in [0.1, 0.15) is 5.69 Å². The Labute approximate surface area is 128 Å². The van der Waals surface area contributed by atoms with E-state index in [0.29, 0.717) is 24.7 Å². The van der Waals surface area contributed by atoms with Crippen molar-refractivity contribution in [2.45, 2.75) is 26.7 Å². The van der Waals surface area contributed by atoms with Crippen molar-refractivity contribution in [2.24, 2.45) is 17.8 Å². The molecule has 0 aromatic carbocycles. The van der Waals surface area contributed by atoms with Gasteiger partial charge in [-0.05, 0) is 23.8 Å². The third-order valence-electron chi connectivity index (χ3n) is 4.52. The summed E-state index contributed by atoms with van der Waals surface area (Å²) >= 11 is 0. The summed E-state index contributed by atoms with van der Waals surface area (Å²) in [6.45, 7) is 6.51. The Kier molecular flexibility index (Phi) is 3.50. The molecule has 2 fully saturated rings. The molecule has 0 bridgehead atoms. The zero-order valence-electron chi connectivity index (χ0n) is 12.9. The van der Waals surface area contributed by atoms with Gasteiger partial charge < -0.3 is 4.90 Å². The molecule has 1 saturated heterocycles. The van der Waals surface area contributed by atoms with Gasteiger partial charge in [0, 0.05) is 31.6 Å². The molecule has 2 heterocycles. The lowest BCUT2D eigenvalue weighted by Gasteiger charge is -2.18. The maximum absolute atomic E-state index is 12.4. The summed E-state index contributed by atoms with van der Waals surface area (Å²) in [7, 11) is 0. The Morgan fingerprint density at radius 1 is 1.32 bits per heavy atom. The third-order valence-corrected chi connectivity index (χ3v) is 4.52. The van der Waals surface area contributed by atoms with Crippen LogP contribution in [0.4, 0.5) is 0 Å². The Bertz CT molecular complexity index is 624. The van der Waals surface area contributed by atoms with Gasteiger partial charge in [0.2, 0.25) is 11.8 Å². The van der Waals surface area contributed by atoms with Crippen LogP contribution in [0, 0.1) is 17.8 Å². The van der Waals surface area contributed by atoms with Crippen molar-refractivity contribution in [3.63, 3.8) is 0 Å². The molecule has 1 aliphatic carbocycles. The van der Waals surface area contributed by atoms with Crippen molar-refractivity contribution in [1.29, 1.82) is 0 Å². The van der Waals surface area contributed by atoms with E-state index in [0.717, 1.165) is 5.69 Å². The number of amides is 3. The zero-order chi connectivity index (χ0) is 16.0. The number of hydrogen-bond donors (Lipinski definition) is 2. The number of rotatable bonds is 3. The van der Waals surface area contributed by atoms with Gasteiger partial charge in [0.05, 0.1) is 0 Å². The number of aromatic amines is 1. The molecule has 118 valence electrons. The Morgan fingerprint density at radius 3 is 2.45 bits per heavy atom. The van der Waals surface area contributed by atoms with E-state index in [4.69, 9.17) is 0 Å². The van der Waals surface area contributed by atoms with Crippen molar-refractivity contribution in [3.05, 3.63) is 17.5 Å². The third kappa shape index (κ3) is 2.51. The highest BCUT2D eigenvalue weighted by molar-refractivity contribution is 5.97. The first kappa shape index (κ1) is 14.7. The number of carbonyl (C=O) groups excluding carboxylic acids is 3. The highest BCUT2D eigenvalue weighted by atomic mass is 16.2. The van der Waals surface area contributed by atoms with Crippen molar-refractivity contribution in [3.8, 4) is 0 Å². The van der Waals surface area contributed by atoms with E-state index in [9.17, 15) is 14.4 Å². The lowest BCUT2D eigenvalue weighted by Crippen LogP contribution is -2.36. The fourth-order valence-electron chi connectivity index (χ4n) is 3.24. The van der Waals surface area contributed by atoms with Crippen LogP contribution >= 0.6 is 0 Å². The number of fused-ring (bicyclic) bond motifs is 1. The Balaban J connectivity index is 1.58. The first-order valence-electron chi connectivity index (χ1n) is 7.54. The molecule has 1 saturated carbocycles. The van der Waals surface area contributed by atoms with Crippen LogP contribution in [0.15, 0.2) is 6.07 Å². The minimum absolute atomic E-state index is 0.0962. The van der Waals surface area contributed by atoms with E-state index >= 15 is 0 Å². The van der Waals surface area contributed by atoms with Crippen molar-refractivity contribution in [1.82, 2.24) is 20.4 Å². The summed E-state index contributed by atoms with van der Waals surface area (Å²) in [6, 6.07) is 1.79. The van der Waals surface area contributed by atoms with E-state index in [1.54, 1.807) is 11.0 Å². The molecule has 0 radical (unpaired) electrons. The van der Waals surface area contributed by atoms with E-state index in [2.05, 4.69) is 15.5 Å². The van der Waals surface area contributed by atoms with Gasteiger partial charge in [0.15, 0.2) is 0 Å². The SMILES string of the molecule is CC(=O)NC(=O)C1C2CN(C(=O)c3cc(C(C)C)[nH]n3)C[C@H]21. The maximum Gasteiger partial charge on any atom is 0.274 e. The molecule has 1 aromatic heterocycles. The average Bonchev–Trinajstić information content (AvgIpc) is 2.85. The zero-order valence-corrected chi connectivity index (χ0v) is 12.9. The summed E-state index contributed by atoms with van der Waals surface area (Å²) in [4.78, 5) is 36.8. The fraction of sp³-hybridized carbons (Fsp3) is 0.600. The van der Waals surface area contributed by atoms with Crippen molar-refractivity contribution in [2.75, 3.05) is 13.1 Å². The predicted octanol–water partition coefficient (Wildman–Crippen LogP) is 0.514. The monoisotopic (exact) mass is 304 g/mol. The van der Waals surface area contributed by atoms with Gasteiger partial charge >= 0.3 is 0 Å². The van der Waals surface area contributed by atoms with Crippen LogP contribution in [0.25, 0.3) is 0 Å². The average molecular weight is 304 g/mol. The molecule has 1 aromatic rings. The number of H-pyrrole nitrogens is 1. The molecule has 22 heavy (non-hydrogen) atoms. The number of carbonyl (C=O) groups is 3. The summed E-state index contributed by atoms with van der Waals surface area (Å²) in [6.07, 6.45) is 0. The number of imide groups is 1. The van der Waals surface area contributed by atoms with Crippen LogP contribution in [0.5, 0.6) is 0 Å². The summed E-state index contributed by atoms with van der Waals surface area (Å²) < 4.78 is 0. The van der Waals surface area contributed by atoms with Crippen molar-refractivity contribution >= 4 is 17.7 Å². The molecule has 2 unspecified atom stereocenters. The quantitative estimate of drug-likeness (QED) is 0.850. The van der Waals surface area contributed by atoms with Crippen LogP contribution < -0.4 is 5.32 Å². The number of likely N-dealkylation sites (tertiary alicyclic amines) is 1. The largest absolute Gasteiger partial charge is 0.337 e. The van der Waals surface area contributed by atoms with Crippen LogP contribution in [-0.4, -0.2) is 45.9 Å². The molecule has 2 N–H and O–H groups in total. The van der Waals surface area contributed by atoms with Gasteiger partial charge in [0.25, 0.3) is 5.91 Å². The van der Waals surface area contributed by atoms with Gasteiger partial charge in [-0.1, -0.05) is 13.8 Å². The highest BCUT2D eigenvalue weighted by Gasteiger charge is 2.60. The second kappa shape index (κ2) is 5.23.